The van der Waals surface area contributed by atoms with Crippen LogP contribution in [0.5, 0.6) is 0 Å². The molecule has 0 aliphatic carbocycles. The molecule has 0 aliphatic heterocycles. The maximum atomic E-state index is 11.1. The Kier molecular flexibility index (Phi) is 6.07. The van der Waals surface area contributed by atoms with Crippen molar-refractivity contribution in [2.45, 2.75) is 18.9 Å². The van der Waals surface area contributed by atoms with Crippen LogP contribution in [0.15, 0.2) is 35.0 Å². The Morgan fingerprint density at radius 1 is 1.22 bits per heavy atom. The summed E-state index contributed by atoms with van der Waals surface area (Å²) < 4.78 is 4.48. The third kappa shape index (κ3) is 4.51. The van der Waals surface area contributed by atoms with E-state index in [1.807, 2.05) is 30.3 Å². The molecule has 1 atom stereocenters. The van der Waals surface area contributed by atoms with E-state index >= 15 is 0 Å². The minimum absolute atomic E-state index is 0.0840. The normalized spacial score (nSPS) is 12.1. The van der Waals surface area contributed by atoms with Gasteiger partial charge in [-0.05, 0) is 28.7 Å². The molecule has 0 fully saturated rings. The molecule has 0 bridgehead atoms. The predicted molar refractivity (Wildman–Crippen MR) is 81.2 cm³/mol. The number of benzene rings is 1. The van der Waals surface area contributed by atoms with Crippen LogP contribution in [0.4, 0.5) is 5.82 Å². The van der Waals surface area contributed by atoms with Gasteiger partial charge in [-0.3, -0.25) is 0 Å². The second kappa shape index (κ2) is 8.25. The summed E-state index contributed by atoms with van der Waals surface area (Å²) in [5.74, 6) is -1.16. The second-order valence-electron chi connectivity index (χ2n) is 5.02. The lowest BCUT2D eigenvalue weighted by Gasteiger charge is -2.21. The molecular weight excluding hydrogens is 302 g/mol. The third-order valence-corrected chi connectivity index (χ3v) is 3.43. The van der Waals surface area contributed by atoms with Crippen LogP contribution < -0.4 is 4.90 Å². The number of aromatic carboxylic acids is 1. The molecule has 0 aliphatic rings. The summed E-state index contributed by atoms with van der Waals surface area (Å²) in [5.41, 5.74) is 0.539. The van der Waals surface area contributed by atoms with Crippen molar-refractivity contribution in [1.29, 1.82) is 0 Å². The van der Waals surface area contributed by atoms with E-state index in [-0.39, 0.29) is 24.7 Å². The highest BCUT2D eigenvalue weighted by Crippen LogP contribution is 2.20. The topological polar surface area (TPSA) is 120 Å². The largest absolute Gasteiger partial charge is 0.476 e. The monoisotopic (exact) mass is 321 g/mol. The van der Waals surface area contributed by atoms with Gasteiger partial charge in [0.2, 0.25) is 11.5 Å². The molecule has 0 saturated carbocycles. The summed E-state index contributed by atoms with van der Waals surface area (Å²) in [7, 11) is 0. The smallest absolute Gasteiger partial charge is 0.362 e. The molecule has 0 radical (unpaired) electrons. The van der Waals surface area contributed by atoms with E-state index in [1.54, 1.807) is 4.90 Å². The number of rotatable bonds is 9. The molecule has 1 aromatic heterocycles. The highest BCUT2D eigenvalue weighted by atomic mass is 16.6. The van der Waals surface area contributed by atoms with Gasteiger partial charge in [0.25, 0.3) is 0 Å². The standard InChI is InChI=1S/C15H19N3O5/c19-10-9-18(14-13(15(21)22)16-23-17-14)8-4-7-12(20)11-5-2-1-3-6-11/h1-3,5-6,12,19-20H,4,7-10H2,(H,21,22). The first kappa shape index (κ1) is 16.9. The predicted octanol–water partition coefficient (Wildman–Crippen LogP) is 1.08. The Morgan fingerprint density at radius 2 is 1.96 bits per heavy atom. The van der Waals surface area contributed by atoms with Gasteiger partial charge in [-0.2, -0.15) is 0 Å². The highest BCUT2D eigenvalue weighted by molar-refractivity contribution is 5.90. The molecule has 0 saturated heterocycles. The van der Waals surface area contributed by atoms with Crippen LogP contribution in [0.3, 0.4) is 0 Å². The first-order valence-corrected chi connectivity index (χ1v) is 7.28. The fourth-order valence-corrected chi connectivity index (χ4v) is 2.29. The average molecular weight is 321 g/mol. The molecule has 2 aromatic rings. The molecule has 124 valence electrons. The Balaban J connectivity index is 1.95. The lowest BCUT2D eigenvalue weighted by Crippen LogP contribution is -2.29. The molecule has 1 unspecified atom stereocenters. The maximum Gasteiger partial charge on any atom is 0.362 e. The molecule has 0 spiro atoms. The first-order valence-electron chi connectivity index (χ1n) is 7.28. The molecule has 23 heavy (non-hydrogen) atoms. The number of nitrogens with zero attached hydrogens (tertiary/aromatic N) is 3. The molecule has 1 aromatic carbocycles. The van der Waals surface area contributed by atoms with Crippen molar-refractivity contribution in [3.8, 4) is 0 Å². The van der Waals surface area contributed by atoms with Crippen molar-refractivity contribution in [2.75, 3.05) is 24.6 Å². The minimum atomic E-state index is -1.24. The van der Waals surface area contributed by atoms with Gasteiger partial charge in [0.15, 0.2) is 0 Å². The van der Waals surface area contributed by atoms with Crippen LogP contribution >= 0.6 is 0 Å². The number of hydrogen-bond acceptors (Lipinski definition) is 7. The molecule has 8 heteroatoms. The van der Waals surface area contributed by atoms with E-state index in [9.17, 15) is 9.90 Å². The van der Waals surface area contributed by atoms with Crippen LogP contribution in [0.25, 0.3) is 0 Å². The average Bonchev–Trinajstić information content (AvgIpc) is 3.04. The summed E-state index contributed by atoms with van der Waals surface area (Å²) in [6.45, 7) is 0.460. The van der Waals surface area contributed by atoms with E-state index in [0.717, 1.165) is 5.56 Å². The molecule has 1 heterocycles. The van der Waals surface area contributed by atoms with Gasteiger partial charge in [0.05, 0.1) is 12.7 Å². The summed E-state index contributed by atoms with van der Waals surface area (Å²) >= 11 is 0. The van der Waals surface area contributed by atoms with Crippen molar-refractivity contribution >= 4 is 11.8 Å². The molecule has 3 N–H and O–H groups in total. The van der Waals surface area contributed by atoms with E-state index in [1.165, 1.54) is 0 Å². The van der Waals surface area contributed by atoms with Crippen LogP contribution in [0, 0.1) is 0 Å². The van der Waals surface area contributed by atoms with Gasteiger partial charge >= 0.3 is 5.97 Å². The van der Waals surface area contributed by atoms with E-state index in [0.29, 0.717) is 19.4 Å². The van der Waals surface area contributed by atoms with Gasteiger partial charge in [-0.15, -0.1) is 0 Å². The van der Waals surface area contributed by atoms with Crippen molar-refractivity contribution in [1.82, 2.24) is 10.3 Å². The number of carboxylic acid groups (broad SMARTS) is 1. The highest BCUT2D eigenvalue weighted by Gasteiger charge is 2.22. The zero-order valence-electron chi connectivity index (χ0n) is 12.5. The number of aromatic nitrogens is 2. The number of anilines is 1. The lowest BCUT2D eigenvalue weighted by atomic mass is 10.0. The van der Waals surface area contributed by atoms with Gasteiger partial charge in [0, 0.05) is 13.1 Å². The fourth-order valence-electron chi connectivity index (χ4n) is 2.29. The molecule has 8 nitrogen and oxygen atoms in total. The Morgan fingerprint density at radius 3 is 2.61 bits per heavy atom. The second-order valence-corrected chi connectivity index (χ2v) is 5.02. The molecule has 0 amide bonds. The number of carbonyl (C=O) groups is 1. The molecular formula is C15H19N3O5. The summed E-state index contributed by atoms with van der Waals surface area (Å²) in [5, 5.41) is 35.3. The SMILES string of the molecule is O=C(O)c1nonc1N(CCO)CCCC(O)c1ccccc1. The Hall–Kier alpha value is -2.45. The van der Waals surface area contributed by atoms with Gasteiger partial charge in [-0.1, -0.05) is 30.3 Å². The summed E-state index contributed by atoms with van der Waals surface area (Å²) in [6, 6.07) is 9.29. The fraction of sp³-hybridized carbons (Fsp3) is 0.400. The number of aliphatic hydroxyl groups is 2. The van der Waals surface area contributed by atoms with Crippen LogP contribution in [-0.4, -0.2) is 51.3 Å². The number of carboxylic acids is 1. The maximum absolute atomic E-state index is 11.1. The van der Waals surface area contributed by atoms with E-state index in [2.05, 4.69) is 14.9 Å². The van der Waals surface area contributed by atoms with Crippen LogP contribution in [0.1, 0.15) is 35.0 Å². The van der Waals surface area contributed by atoms with Gasteiger partial charge in [0.1, 0.15) is 0 Å². The van der Waals surface area contributed by atoms with Crippen molar-refractivity contribution in [3.05, 3.63) is 41.6 Å². The van der Waals surface area contributed by atoms with Gasteiger partial charge in [-0.25, -0.2) is 9.42 Å². The van der Waals surface area contributed by atoms with Crippen LogP contribution in [0.2, 0.25) is 0 Å². The van der Waals surface area contributed by atoms with Crippen molar-refractivity contribution < 1.29 is 24.7 Å². The summed E-state index contributed by atoms with van der Waals surface area (Å²) in [6.07, 6.45) is 0.489. The Labute approximate surface area is 132 Å². The third-order valence-electron chi connectivity index (χ3n) is 3.43. The first-order chi connectivity index (χ1) is 11.1. The van der Waals surface area contributed by atoms with Crippen molar-refractivity contribution in [2.24, 2.45) is 0 Å². The summed E-state index contributed by atoms with van der Waals surface area (Å²) in [4.78, 5) is 12.6. The zero-order valence-corrected chi connectivity index (χ0v) is 12.5. The number of aliphatic hydroxyl groups excluding tert-OH is 2. The van der Waals surface area contributed by atoms with E-state index < -0.39 is 12.1 Å². The van der Waals surface area contributed by atoms with E-state index in [4.69, 9.17) is 10.2 Å². The van der Waals surface area contributed by atoms with Crippen molar-refractivity contribution in [3.63, 3.8) is 0 Å². The quantitative estimate of drug-likeness (QED) is 0.627. The molecule has 2 rings (SSSR count). The van der Waals surface area contributed by atoms with Gasteiger partial charge < -0.3 is 20.2 Å². The zero-order chi connectivity index (χ0) is 16.7. The minimum Gasteiger partial charge on any atom is -0.476 e. The van der Waals surface area contributed by atoms with Crippen LogP contribution in [-0.2, 0) is 0 Å². The lowest BCUT2D eigenvalue weighted by molar-refractivity contribution is 0.0685. The Bertz CT molecular complexity index is 617. The number of hydrogen-bond donors (Lipinski definition) is 3.